The molecular weight excluding hydrogens is 328 g/mol. The third-order valence-corrected chi connectivity index (χ3v) is 4.90. The van der Waals surface area contributed by atoms with Crippen LogP contribution in [0.15, 0.2) is 60.7 Å². The fraction of sp³-hybridized carbons (Fsp3) is 0.273. The summed E-state index contributed by atoms with van der Waals surface area (Å²) in [6.45, 7) is 8.38. The van der Waals surface area contributed by atoms with E-state index in [1.54, 1.807) is 0 Å². The lowest BCUT2D eigenvalue weighted by Gasteiger charge is -2.13. The summed E-state index contributed by atoms with van der Waals surface area (Å²) < 4.78 is 0. The number of rotatable bonds is 6. The van der Waals surface area contributed by atoms with Gasteiger partial charge in [-0.2, -0.15) is 0 Å². The predicted molar refractivity (Wildman–Crippen MR) is 107 cm³/mol. The van der Waals surface area contributed by atoms with Gasteiger partial charge in [0.15, 0.2) is 0 Å². The summed E-state index contributed by atoms with van der Waals surface area (Å²) in [5.74, 6) is 0.535. The molecular formula is C22H23ClN2. The van der Waals surface area contributed by atoms with E-state index in [1.807, 2.05) is 48.5 Å². The van der Waals surface area contributed by atoms with Gasteiger partial charge >= 0.3 is 0 Å². The van der Waals surface area contributed by atoms with Crippen molar-refractivity contribution < 1.29 is 0 Å². The van der Waals surface area contributed by atoms with Crippen molar-refractivity contribution in [3.05, 3.63) is 71.4 Å². The van der Waals surface area contributed by atoms with E-state index in [2.05, 4.69) is 20.4 Å². The molecule has 1 unspecified atom stereocenters. The van der Waals surface area contributed by atoms with Crippen molar-refractivity contribution in [1.29, 1.82) is 0 Å². The smallest absolute Gasteiger partial charge is 0.0925 e. The van der Waals surface area contributed by atoms with E-state index in [4.69, 9.17) is 21.6 Å². The number of allylic oxidation sites excluding steroid dienone is 1. The molecule has 0 bridgehead atoms. The highest BCUT2D eigenvalue weighted by Crippen LogP contribution is 2.26. The molecule has 3 heteroatoms. The van der Waals surface area contributed by atoms with E-state index < -0.39 is 0 Å². The summed E-state index contributed by atoms with van der Waals surface area (Å²) in [6.07, 6.45) is 3.10. The molecule has 3 rings (SSSR count). The highest BCUT2D eigenvalue weighted by molar-refractivity contribution is 6.30. The zero-order valence-electron chi connectivity index (χ0n) is 14.8. The largest absolute Gasteiger partial charge is 0.249 e. The lowest BCUT2D eigenvalue weighted by Crippen LogP contribution is -2.02. The van der Waals surface area contributed by atoms with Gasteiger partial charge in [0.25, 0.3) is 0 Å². The van der Waals surface area contributed by atoms with Crippen LogP contribution in [-0.2, 0) is 6.42 Å². The summed E-state index contributed by atoms with van der Waals surface area (Å²) in [5.41, 5.74) is 6.18. The van der Waals surface area contributed by atoms with Gasteiger partial charge in [0, 0.05) is 10.6 Å². The van der Waals surface area contributed by atoms with Gasteiger partial charge in [-0.3, -0.25) is 0 Å². The molecule has 0 N–H and O–H groups in total. The molecule has 0 amide bonds. The van der Waals surface area contributed by atoms with Crippen LogP contribution in [0.4, 0.5) is 0 Å². The molecule has 2 nitrogen and oxygen atoms in total. The molecule has 0 radical (unpaired) electrons. The van der Waals surface area contributed by atoms with Crippen LogP contribution in [0.2, 0.25) is 5.02 Å². The second kappa shape index (κ2) is 7.79. The van der Waals surface area contributed by atoms with Crippen molar-refractivity contribution >= 4 is 22.6 Å². The Balaban J connectivity index is 1.95. The minimum atomic E-state index is 0.535. The number of benzene rings is 2. The number of fused-ring (bicyclic) bond motifs is 1. The van der Waals surface area contributed by atoms with E-state index in [9.17, 15) is 0 Å². The highest BCUT2D eigenvalue weighted by Gasteiger charge is 2.12. The Hall–Kier alpha value is -2.19. The Labute approximate surface area is 154 Å². The Morgan fingerprint density at radius 2 is 1.68 bits per heavy atom. The third kappa shape index (κ3) is 4.26. The van der Waals surface area contributed by atoms with Crippen molar-refractivity contribution in [3.63, 3.8) is 0 Å². The zero-order chi connectivity index (χ0) is 17.8. The summed E-state index contributed by atoms with van der Waals surface area (Å²) in [6, 6.07) is 15.9. The monoisotopic (exact) mass is 350 g/mol. The fourth-order valence-corrected chi connectivity index (χ4v) is 3.00. The van der Waals surface area contributed by atoms with Crippen molar-refractivity contribution in [1.82, 2.24) is 9.97 Å². The van der Waals surface area contributed by atoms with Crippen LogP contribution < -0.4 is 0 Å². The number of hydrogen-bond donors (Lipinski definition) is 0. The normalized spacial score (nSPS) is 12.3. The lowest BCUT2D eigenvalue weighted by molar-refractivity contribution is 0.577. The minimum Gasteiger partial charge on any atom is -0.249 e. The molecule has 0 aliphatic heterocycles. The van der Waals surface area contributed by atoms with Gasteiger partial charge in [0.2, 0.25) is 0 Å². The van der Waals surface area contributed by atoms with Gasteiger partial charge in [-0.05, 0) is 56.4 Å². The molecule has 3 aromatic rings. The molecule has 0 aliphatic carbocycles. The number of para-hydroxylation sites is 2. The van der Waals surface area contributed by atoms with Crippen LogP contribution in [0.3, 0.4) is 0 Å². The molecule has 25 heavy (non-hydrogen) atoms. The number of hydrogen-bond acceptors (Lipinski definition) is 2. The second-order valence-corrected chi connectivity index (χ2v) is 7.09. The van der Waals surface area contributed by atoms with Gasteiger partial charge in [0.05, 0.1) is 22.4 Å². The van der Waals surface area contributed by atoms with Gasteiger partial charge in [-0.25, -0.2) is 9.97 Å². The first-order chi connectivity index (χ1) is 12.0. The number of halogens is 1. The van der Waals surface area contributed by atoms with Gasteiger partial charge in [0.1, 0.15) is 0 Å². The van der Waals surface area contributed by atoms with E-state index >= 15 is 0 Å². The van der Waals surface area contributed by atoms with E-state index in [0.717, 1.165) is 52.3 Å². The predicted octanol–water partition coefficient (Wildman–Crippen LogP) is 6.49. The SMILES string of the molecule is C=C(C)C(C)CCCc1nc2ccccc2nc1-c1ccc(Cl)cc1. The molecule has 0 spiro atoms. The topological polar surface area (TPSA) is 25.8 Å². The Bertz CT molecular complexity index is 884. The van der Waals surface area contributed by atoms with Crippen LogP contribution in [0.25, 0.3) is 22.3 Å². The third-order valence-electron chi connectivity index (χ3n) is 4.65. The number of nitrogens with zero attached hydrogens (tertiary/aromatic N) is 2. The second-order valence-electron chi connectivity index (χ2n) is 6.65. The lowest BCUT2D eigenvalue weighted by atomic mass is 9.96. The first-order valence-corrected chi connectivity index (χ1v) is 9.09. The van der Waals surface area contributed by atoms with Crippen LogP contribution >= 0.6 is 11.6 Å². The summed E-state index contributed by atoms with van der Waals surface area (Å²) in [7, 11) is 0. The first-order valence-electron chi connectivity index (χ1n) is 8.71. The molecule has 128 valence electrons. The van der Waals surface area contributed by atoms with E-state index in [-0.39, 0.29) is 0 Å². The van der Waals surface area contributed by atoms with Crippen LogP contribution in [-0.4, -0.2) is 9.97 Å². The number of aromatic nitrogens is 2. The first kappa shape index (κ1) is 17.6. The average molecular weight is 351 g/mol. The number of aryl methyl sites for hydroxylation is 1. The van der Waals surface area contributed by atoms with E-state index in [0.29, 0.717) is 5.92 Å². The summed E-state index contributed by atoms with van der Waals surface area (Å²) >= 11 is 6.04. The zero-order valence-corrected chi connectivity index (χ0v) is 15.6. The highest BCUT2D eigenvalue weighted by atomic mass is 35.5. The molecule has 1 heterocycles. The molecule has 1 atom stereocenters. The minimum absolute atomic E-state index is 0.535. The van der Waals surface area contributed by atoms with E-state index in [1.165, 1.54) is 5.57 Å². The molecule has 0 fully saturated rings. The average Bonchev–Trinajstić information content (AvgIpc) is 2.61. The summed E-state index contributed by atoms with van der Waals surface area (Å²) in [4.78, 5) is 9.78. The molecule has 0 saturated heterocycles. The Morgan fingerprint density at radius 3 is 2.32 bits per heavy atom. The molecule has 0 saturated carbocycles. The van der Waals surface area contributed by atoms with Crippen LogP contribution in [0.1, 0.15) is 32.4 Å². The molecule has 0 aliphatic rings. The van der Waals surface area contributed by atoms with Crippen molar-refractivity contribution in [3.8, 4) is 11.3 Å². The van der Waals surface area contributed by atoms with Crippen LogP contribution in [0, 0.1) is 5.92 Å². The van der Waals surface area contributed by atoms with Gasteiger partial charge in [-0.15, -0.1) is 0 Å². The Morgan fingerprint density at radius 1 is 1.04 bits per heavy atom. The van der Waals surface area contributed by atoms with Gasteiger partial charge in [-0.1, -0.05) is 54.9 Å². The summed E-state index contributed by atoms with van der Waals surface area (Å²) in [5, 5.41) is 0.731. The van der Waals surface area contributed by atoms with Gasteiger partial charge < -0.3 is 0 Å². The van der Waals surface area contributed by atoms with Crippen molar-refractivity contribution in [2.75, 3.05) is 0 Å². The quantitative estimate of drug-likeness (QED) is 0.475. The maximum absolute atomic E-state index is 6.04. The van der Waals surface area contributed by atoms with Crippen molar-refractivity contribution in [2.24, 2.45) is 5.92 Å². The fourth-order valence-electron chi connectivity index (χ4n) is 2.87. The van der Waals surface area contributed by atoms with Crippen molar-refractivity contribution in [2.45, 2.75) is 33.1 Å². The molecule has 2 aromatic carbocycles. The maximum Gasteiger partial charge on any atom is 0.0925 e. The molecule has 1 aromatic heterocycles. The Kier molecular flexibility index (Phi) is 5.50. The standard InChI is InChI=1S/C22H23ClN2/c1-15(2)16(3)7-6-10-21-22(17-11-13-18(23)14-12-17)25-20-9-5-4-8-19(20)24-21/h4-5,8-9,11-14,16H,1,6-7,10H2,2-3H3. The van der Waals surface area contributed by atoms with Crippen LogP contribution in [0.5, 0.6) is 0 Å². The maximum atomic E-state index is 6.04.